The number of rotatable bonds is 6. The van der Waals surface area contributed by atoms with Crippen molar-refractivity contribution in [1.82, 2.24) is 4.72 Å². The van der Waals surface area contributed by atoms with Gasteiger partial charge in [0, 0.05) is 19.4 Å². The molecular formula is C13H21F2NO3S. The number of hydrogen-bond acceptors (Lipinski definition) is 3. The molecule has 7 heteroatoms. The number of ether oxygens (including phenoxy) is 1. The number of alkyl halides is 2. The van der Waals surface area contributed by atoms with E-state index in [-0.39, 0.29) is 18.6 Å². The molecule has 0 aromatic rings. The van der Waals surface area contributed by atoms with Crippen LogP contribution in [-0.2, 0) is 14.8 Å². The van der Waals surface area contributed by atoms with Crippen molar-refractivity contribution in [1.29, 1.82) is 0 Å². The summed E-state index contributed by atoms with van der Waals surface area (Å²) in [5, 5.41) is 0. The van der Waals surface area contributed by atoms with Crippen LogP contribution in [0.1, 0.15) is 38.5 Å². The lowest BCUT2D eigenvalue weighted by Crippen LogP contribution is -2.42. The Morgan fingerprint density at radius 2 is 2.00 bits per heavy atom. The van der Waals surface area contributed by atoms with Crippen LogP contribution in [0, 0.1) is 11.8 Å². The van der Waals surface area contributed by atoms with Crippen LogP contribution in [0.5, 0.6) is 0 Å². The first-order valence-corrected chi connectivity index (χ1v) is 8.99. The van der Waals surface area contributed by atoms with Gasteiger partial charge in [0.05, 0.1) is 18.0 Å². The largest absolute Gasteiger partial charge is 0.375 e. The minimum absolute atomic E-state index is 0.171. The second-order valence-electron chi connectivity index (χ2n) is 6.46. The van der Waals surface area contributed by atoms with E-state index in [9.17, 15) is 17.2 Å². The van der Waals surface area contributed by atoms with E-state index >= 15 is 0 Å². The van der Waals surface area contributed by atoms with Crippen molar-refractivity contribution in [3.05, 3.63) is 0 Å². The molecule has 3 unspecified atom stereocenters. The van der Waals surface area contributed by atoms with E-state index in [2.05, 4.69) is 4.72 Å². The molecule has 0 spiro atoms. The van der Waals surface area contributed by atoms with Crippen LogP contribution < -0.4 is 4.72 Å². The summed E-state index contributed by atoms with van der Waals surface area (Å²) < 4.78 is 57.2. The van der Waals surface area contributed by atoms with E-state index in [0.717, 1.165) is 25.7 Å². The molecule has 0 amide bonds. The van der Waals surface area contributed by atoms with Gasteiger partial charge < -0.3 is 4.74 Å². The molecule has 0 aromatic carbocycles. The molecule has 0 aromatic heterocycles. The number of halogens is 2. The van der Waals surface area contributed by atoms with Crippen molar-refractivity contribution in [2.75, 3.05) is 12.3 Å². The van der Waals surface area contributed by atoms with E-state index in [0.29, 0.717) is 24.7 Å². The fourth-order valence-electron chi connectivity index (χ4n) is 3.72. The predicted molar refractivity (Wildman–Crippen MR) is 70.1 cm³/mol. The normalized spacial score (nSPS) is 36.2. The average Bonchev–Trinajstić information content (AvgIpc) is 2.87. The lowest BCUT2D eigenvalue weighted by atomic mass is 9.83. The maximum atomic E-state index is 12.7. The van der Waals surface area contributed by atoms with Gasteiger partial charge in [-0.1, -0.05) is 0 Å². The van der Waals surface area contributed by atoms with E-state index in [1.807, 2.05) is 0 Å². The molecule has 0 radical (unpaired) electrons. The Morgan fingerprint density at radius 1 is 1.25 bits per heavy atom. The zero-order valence-electron chi connectivity index (χ0n) is 11.4. The van der Waals surface area contributed by atoms with E-state index in [1.165, 1.54) is 0 Å². The molecule has 2 heterocycles. The van der Waals surface area contributed by atoms with Crippen LogP contribution in [0.4, 0.5) is 8.78 Å². The summed E-state index contributed by atoms with van der Waals surface area (Å²) in [4.78, 5) is 0. The number of hydrogen-bond donors (Lipinski definition) is 1. The summed E-state index contributed by atoms with van der Waals surface area (Å²) >= 11 is 0. The molecule has 2 bridgehead atoms. The van der Waals surface area contributed by atoms with Crippen LogP contribution in [0.3, 0.4) is 0 Å². The van der Waals surface area contributed by atoms with Crippen LogP contribution in [0.25, 0.3) is 0 Å². The summed E-state index contributed by atoms with van der Waals surface area (Å²) in [6.07, 6.45) is 4.10. The molecule has 1 N–H and O–H groups in total. The predicted octanol–water partition coefficient (Wildman–Crippen LogP) is 1.91. The van der Waals surface area contributed by atoms with Crippen LogP contribution in [-0.4, -0.2) is 38.8 Å². The first kappa shape index (κ1) is 14.7. The van der Waals surface area contributed by atoms with E-state index in [4.69, 9.17) is 4.74 Å². The van der Waals surface area contributed by atoms with Gasteiger partial charge in [-0.15, -0.1) is 0 Å². The van der Waals surface area contributed by atoms with Gasteiger partial charge in [0.15, 0.2) is 0 Å². The monoisotopic (exact) mass is 309 g/mol. The molecule has 20 heavy (non-hydrogen) atoms. The van der Waals surface area contributed by atoms with Crippen LogP contribution in [0.15, 0.2) is 0 Å². The topological polar surface area (TPSA) is 55.4 Å². The summed E-state index contributed by atoms with van der Waals surface area (Å²) in [5.41, 5.74) is 0. The Labute approximate surface area is 118 Å². The molecule has 1 aliphatic carbocycles. The molecule has 116 valence electrons. The molecule has 2 saturated heterocycles. The van der Waals surface area contributed by atoms with Gasteiger partial charge >= 0.3 is 0 Å². The Morgan fingerprint density at radius 3 is 2.55 bits per heavy atom. The van der Waals surface area contributed by atoms with E-state index < -0.39 is 21.9 Å². The lowest BCUT2D eigenvalue weighted by molar-refractivity contribution is -0.103. The zero-order chi connectivity index (χ0) is 14.4. The molecule has 1 saturated carbocycles. The molecule has 3 atom stereocenters. The maximum Gasteiger partial charge on any atom is 0.248 e. The van der Waals surface area contributed by atoms with Gasteiger partial charge in [0.25, 0.3) is 0 Å². The highest BCUT2D eigenvalue weighted by molar-refractivity contribution is 7.89. The minimum Gasteiger partial charge on any atom is -0.375 e. The van der Waals surface area contributed by atoms with Gasteiger partial charge in [-0.25, -0.2) is 21.9 Å². The first-order valence-electron chi connectivity index (χ1n) is 7.34. The van der Waals surface area contributed by atoms with Gasteiger partial charge in [-0.3, -0.25) is 0 Å². The quantitative estimate of drug-likeness (QED) is 0.815. The fourth-order valence-corrected chi connectivity index (χ4v) is 5.12. The number of sulfonamides is 1. The summed E-state index contributed by atoms with van der Waals surface area (Å²) in [5.74, 6) is -2.77. The van der Waals surface area contributed by atoms with Crippen LogP contribution >= 0.6 is 0 Å². The Bertz CT molecular complexity index is 460. The van der Waals surface area contributed by atoms with Crippen molar-refractivity contribution in [2.45, 2.75) is 56.7 Å². The van der Waals surface area contributed by atoms with Gasteiger partial charge in [-0.05, 0) is 37.5 Å². The number of fused-ring (bicyclic) bond motifs is 2. The highest BCUT2D eigenvalue weighted by Crippen LogP contribution is 2.43. The SMILES string of the molecule is O=S(=O)(CC1CC(F)(F)C1)NCCC1CC2CCC1O2. The van der Waals surface area contributed by atoms with Crippen molar-refractivity contribution in [2.24, 2.45) is 11.8 Å². The second-order valence-corrected chi connectivity index (χ2v) is 8.32. The molecule has 2 aliphatic heterocycles. The standard InChI is InChI=1S/C13H21F2NO3S/c14-13(15)6-9(7-13)8-20(17,18)16-4-3-10-5-11-1-2-12(10)19-11/h9-12,16H,1-8H2. The minimum atomic E-state index is -3.42. The van der Waals surface area contributed by atoms with Crippen molar-refractivity contribution in [3.63, 3.8) is 0 Å². The van der Waals surface area contributed by atoms with Gasteiger partial charge in [-0.2, -0.15) is 0 Å². The smallest absolute Gasteiger partial charge is 0.248 e. The third kappa shape index (κ3) is 3.31. The summed E-state index contributed by atoms with van der Waals surface area (Å²) in [6, 6.07) is 0. The van der Waals surface area contributed by atoms with Crippen LogP contribution in [0.2, 0.25) is 0 Å². The van der Waals surface area contributed by atoms with Crippen molar-refractivity contribution >= 4 is 10.0 Å². The molecule has 4 nitrogen and oxygen atoms in total. The van der Waals surface area contributed by atoms with Gasteiger partial charge in [0.2, 0.25) is 15.9 Å². The fraction of sp³-hybridized carbons (Fsp3) is 1.00. The summed E-state index contributed by atoms with van der Waals surface area (Å²) in [7, 11) is -3.42. The molecular weight excluding hydrogens is 288 g/mol. The van der Waals surface area contributed by atoms with E-state index in [1.54, 1.807) is 0 Å². The Hall–Kier alpha value is -0.270. The molecule has 3 rings (SSSR count). The highest BCUT2D eigenvalue weighted by atomic mass is 32.2. The zero-order valence-corrected chi connectivity index (χ0v) is 12.2. The molecule has 3 aliphatic rings. The third-order valence-corrected chi connectivity index (χ3v) is 6.25. The first-order chi connectivity index (χ1) is 9.33. The third-order valence-electron chi connectivity index (χ3n) is 4.70. The molecule has 3 fully saturated rings. The van der Waals surface area contributed by atoms with Crippen molar-refractivity contribution < 1.29 is 21.9 Å². The number of nitrogens with one attached hydrogen (secondary N) is 1. The lowest BCUT2D eigenvalue weighted by Gasteiger charge is -2.34. The Balaban J connectivity index is 1.37. The van der Waals surface area contributed by atoms with Crippen molar-refractivity contribution in [3.8, 4) is 0 Å². The summed E-state index contributed by atoms with van der Waals surface area (Å²) in [6.45, 7) is 0.392. The second kappa shape index (κ2) is 5.18. The maximum absolute atomic E-state index is 12.7. The average molecular weight is 309 g/mol. The Kier molecular flexibility index (Phi) is 3.79. The van der Waals surface area contributed by atoms with Gasteiger partial charge in [0.1, 0.15) is 0 Å². The highest BCUT2D eigenvalue weighted by Gasteiger charge is 2.46.